The summed E-state index contributed by atoms with van der Waals surface area (Å²) in [7, 11) is 0. The fourth-order valence-electron chi connectivity index (χ4n) is 4.47. The maximum atomic E-state index is 12.3. The zero-order valence-electron chi connectivity index (χ0n) is 24.8. The number of phenolic OH excluding ortho intramolecular Hbond substituents is 3. The second-order valence-electron chi connectivity index (χ2n) is 10.7. The van der Waals surface area contributed by atoms with Crippen LogP contribution in [0, 0.1) is 0 Å². The van der Waals surface area contributed by atoms with Crippen LogP contribution in [0.25, 0.3) is 6.08 Å². The van der Waals surface area contributed by atoms with Crippen molar-refractivity contribution >= 4 is 17.9 Å². The average Bonchev–Trinajstić information content (AvgIpc) is 3.02. The third-order valence-electron chi connectivity index (χ3n) is 7.12. The fourth-order valence-corrected chi connectivity index (χ4v) is 4.47. The van der Waals surface area contributed by atoms with Gasteiger partial charge in [0.15, 0.2) is 23.0 Å². The minimum atomic E-state index is -1.62. The highest BCUT2D eigenvalue weighted by atomic mass is 16.7. The summed E-state index contributed by atoms with van der Waals surface area (Å²) in [4.78, 5) is 24.2. The molecule has 5 atom stereocenters. The molecule has 2 aromatic carbocycles. The zero-order valence-corrected chi connectivity index (χ0v) is 24.8. The van der Waals surface area contributed by atoms with Crippen molar-refractivity contribution < 1.29 is 54.8 Å². The lowest BCUT2D eigenvalue weighted by molar-refractivity contribution is -0.277. The Kier molecular flexibility index (Phi) is 14.3. The molecule has 14 heteroatoms. The molecule has 248 valence electrons. The first-order valence-electron chi connectivity index (χ1n) is 14.8. The molecule has 1 aliphatic rings. The van der Waals surface area contributed by atoms with E-state index >= 15 is 0 Å². The SMILES string of the molecule is O=C(/C=C/c1ccc(O)c(O)c1)NCCCNCCCCNC(=O)CCc1ccc(O)c(O[C@@H]2O[C@H](CO)[C@@H](O)[C@H](O)[C@H]2O)c1. The monoisotopic (exact) mass is 633 g/mol. The largest absolute Gasteiger partial charge is 0.504 e. The van der Waals surface area contributed by atoms with Gasteiger partial charge in [0.05, 0.1) is 6.61 Å². The number of carbonyl (C=O) groups excluding carboxylic acids is 2. The number of benzene rings is 2. The maximum Gasteiger partial charge on any atom is 0.243 e. The highest BCUT2D eigenvalue weighted by Gasteiger charge is 2.44. The van der Waals surface area contributed by atoms with Gasteiger partial charge in [0.1, 0.15) is 24.4 Å². The molecule has 0 saturated carbocycles. The molecule has 1 heterocycles. The summed E-state index contributed by atoms with van der Waals surface area (Å²) in [6.45, 7) is 1.88. The van der Waals surface area contributed by atoms with E-state index in [1.165, 1.54) is 30.3 Å². The van der Waals surface area contributed by atoms with E-state index in [4.69, 9.17) is 9.47 Å². The first-order valence-corrected chi connectivity index (χ1v) is 14.8. The Balaban J connectivity index is 1.24. The van der Waals surface area contributed by atoms with Crippen molar-refractivity contribution in [3.63, 3.8) is 0 Å². The highest BCUT2D eigenvalue weighted by Crippen LogP contribution is 2.31. The predicted octanol–water partition coefficient (Wildman–Crippen LogP) is -0.380. The van der Waals surface area contributed by atoms with Gasteiger partial charge in [-0.25, -0.2) is 0 Å². The number of rotatable bonds is 17. The zero-order chi connectivity index (χ0) is 32.8. The molecule has 45 heavy (non-hydrogen) atoms. The van der Waals surface area contributed by atoms with Gasteiger partial charge < -0.3 is 61.2 Å². The number of aryl methyl sites for hydroxylation is 1. The molecule has 0 bridgehead atoms. The third-order valence-corrected chi connectivity index (χ3v) is 7.12. The molecule has 0 unspecified atom stereocenters. The summed E-state index contributed by atoms with van der Waals surface area (Å²) in [5.41, 5.74) is 1.27. The molecule has 0 spiro atoms. The van der Waals surface area contributed by atoms with E-state index in [-0.39, 0.29) is 41.2 Å². The summed E-state index contributed by atoms with van der Waals surface area (Å²) in [6.07, 6.45) is -1.53. The summed E-state index contributed by atoms with van der Waals surface area (Å²) in [5, 5.41) is 77.3. The molecular formula is C31H43N3O11. The molecule has 1 saturated heterocycles. The van der Waals surface area contributed by atoms with Crippen molar-refractivity contribution in [2.75, 3.05) is 32.8 Å². The first kappa shape index (κ1) is 35.6. The van der Waals surface area contributed by atoms with Crippen LogP contribution in [0.3, 0.4) is 0 Å². The summed E-state index contributed by atoms with van der Waals surface area (Å²) in [6, 6.07) is 8.77. The van der Waals surface area contributed by atoms with Crippen molar-refractivity contribution in [1.29, 1.82) is 0 Å². The number of carbonyl (C=O) groups is 2. The standard InChI is InChI=1S/C31H43N3O11/c35-18-25-28(41)29(42)30(43)31(45-25)44-24-17-20(5-9-22(24)37)7-11-26(39)33-14-2-1-12-32-13-3-15-34-27(40)10-6-19-4-8-21(36)23(38)16-19/h4-6,8-10,16-17,25,28-32,35-38,41-43H,1-3,7,11-15,18H2,(H,33,39)(H,34,40)/b10-6+/t25-,28-,29+,30-,31-/m1/s1. The van der Waals surface area contributed by atoms with Crippen LogP contribution < -0.4 is 20.7 Å². The smallest absolute Gasteiger partial charge is 0.243 e. The van der Waals surface area contributed by atoms with Gasteiger partial charge in [-0.15, -0.1) is 0 Å². The van der Waals surface area contributed by atoms with Gasteiger partial charge in [0.2, 0.25) is 18.1 Å². The van der Waals surface area contributed by atoms with Gasteiger partial charge in [-0.2, -0.15) is 0 Å². The number of aliphatic hydroxyl groups excluding tert-OH is 4. The van der Waals surface area contributed by atoms with Crippen molar-refractivity contribution in [1.82, 2.24) is 16.0 Å². The average molecular weight is 634 g/mol. The number of nitrogens with one attached hydrogen (secondary N) is 3. The maximum absolute atomic E-state index is 12.3. The minimum absolute atomic E-state index is 0.0449. The minimum Gasteiger partial charge on any atom is -0.504 e. The van der Waals surface area contributed by atoms with E-state index in [1.54, 1.807) is 18.2 Å². The van der Waals surface area contributed by atoms with Gasteiger partial charge in [-0.3, -0.25) is 9.59 Å². The number of hydrogen-bond acceptors (Lipinski definition) is 12. The van der Waals surface area contributed by atoms with Gasteiger partial charge in [0, 0.05) is 25.6 Å². The Hall–Kier alpha value is -3.92. The first-order chi connectivity index (χ1) is 21.6. The summed E-state index contributed by atoms with van der Waals surface area (Å²) in [5.74, 6) is -1.17. The lowest BCUT2D eigenvalue weighted by atomic mass is 9.99. The van der Waals surface area contributed by atoms with Gasteiger partial charge >= 0.3 is 0 Å². The van der Waals surface area contributed by atoms with Gasteiger partial charge in [-0.05, 0) is 80.2 Å². The molecule has 3 rings (SSSR count). The van der Waals surface area contributed by atoms with Crippen LogP contribution in [-0.4, -0.2) is 111 Å². The van der Waals surface area contributed by atoms with Crippen LogP contribution in [0.4, 0.5) is 0 Å². The predicted molar refractivity (Wildman–Crippen MR) is 162 cm³/mol. The molecule has 0 radical (unpaired) electrons. The second kappa shape index (κ2) is 18.1. The number of aliphatic hydroxyl groups is 4. The van der Waals surface area contributed by atoms with Crippen LogP contribution in [0.1, 0.15) is 36.8 Å². The summed E-state index contributed by atoms with van der Waals surface area (Å²) >= 11 is 0. The van der Waals surface area contributed by atoms with Crippen molar-refractivity contribution in [2.45, 2.75) is 62.8 Å². The van der Waals surface area contributed by atoms with E-state index in [0.717, 1.165) is 32.4 Å². The topological polar surface area (TPSA) is 230 Å². The third kappa shape index (κ3) is 11.5. The van der Waals surface area contributed by atoms with E-state index in [9.17, 15) is 45.3 Å². The normalized spacial score (nSPS) is 21.5. The molecular weight excluding hydrogens is 590 g/mol. The summed E-state index contributed by atoms with van der Waals surface area (Å²) < 4.78 is 10.8. The van der Waals surface area contributed by atoms with Crippen LogP contribution in [0.15, 0.2) is 42.5 Å². The van der Waals surface area contributed by atoms with E-state index < -0.39 is 37.3 Å². The molecule has 10 N–H and O–H groups in total. The number of phenols is 3. The molecule has 14 nitrogen and oxygen atoms in total. The number of hydrogen-bond donors (Lipinski definition) is 10. The van der Waals surface area contributed by atoms with E-state index in [0.29, 0.717) is 30.6 Å². The highest BCUT2D eigenvalue weighted by molar-refractivity contribution is 5.91. The van der Waals surface area contributed by atoms with E-state index in [1.807, 2.05) is 0 Å². The van der Waals surface area contributed by atoms with Crippen LogP contribution >= 0.6 is 0 Å². The van der Waals surface area contributed by atoms with Gasteiger partial charge in [0.25, 0.3) is 0 Å². The molecule has 1 fully saturated rings. The Morgan fingerprint density at radius 3 is 2.29 bits per heavy atom. The van der Waals surface area contributed by atoms with Crippen LogP contribution in [0.2, 0.25) is 0 Å². The molecule has 2 amide bonds. The molecule has 0 aliphatic carbocycles. The number of amides is 2. The second-order valence-corrected chi connectivity index (χ2v) is 10.7. The Morgan fingerprint density at radius 2 is 1.53 bits per heavy atom. The number of unbranched alkanes of at least 4 members (excludes halogenated alkanes) is 1. The van der Waals surface area contributed by atoms with Crippen LogP contribution in [-0.2, 0) is 20.7 Å². The van der Waals surface area contributed by atoms with E-state index in [2.05, 4.69) is 16.0 Å². The van der Waals surface area contributed by atoms with Gasteiger partial charge in [-0.1, -0.05) is 12.1 Å². The number of ether oxygens (including phenoxy) is 2. The Bertz CT molecular complexity index is 1270. The number of aromatic hydroxyl groups is 3. The lowest BCUT2D eigenvalue weighted by Crippen LogP contribution is -2.60. The molecule has 2 aromatic rings. The molecule has 0 aromatic heterocycles. The fraction of sp³-hybridized carbons (Fsp3) is 0.484. The van der Waals surface area contributed by atoms with Crippen LogP contribution in [0.5, 0.6) is 23.0 Å². The van der Waals surface area contributed by atoms with Crippen molar-refractivity contribution in [3.8, 4) is 23.0 Å². The Labute approximate surface area is 260 Å². The van der Waals surface area contributed by atoms with Crippen molar-refractivity contribution in [3.05, 3.63) is 53.6 Å². The Morgan fingerprint density at radius 1 is 0.822 bits per heavy atom. The lowest BCUT2D eigenvalue weighted by Gasteiger charge is -2.39. The molecule has 1 aliphatic heterocycles. The van der Waals surface area contributed by atoms with Crippen molar-refractivity contribution in [2.24, 2.45) is 0 Å². The quantitative estimate of drug-likeness (QED) is 0.0611.